The van der Waals surface area contributed by atoms with Gasteiger partial charge in [-0.3, -0.25) is 0 Å². The standard InChI is InChI=1S/C16H14IN3/c17-14-2-1-3-15(10-14)19-11-13-4-6-16(7-5-13)20-9-8-18-12-20/h1-10,12,19H,11H2. The van der Waals surface area contributed by atoms with Crippen molar-refractivity contribution in [1.82, 2.24) is 9.55 Å². The van der Waals surface area contributed by atoms with Crippen LogP contribution in [0.15, 0.2) is 67.3 Å². The van der Waals surface area contributed by atoms with E-state index in [1.54, 1.807) is 12.5 Å². The number of aromatic nitrogens is 2. The lowest BCUT2D eigenvalue weighted by atomic mass is 10.2. The van der Waals surface area contributed by atoms with E-state index in [0.717, 1.165) is 17.9 Å². The highest BCUT2D eigenvalue weighted by Crippen LogP contribution is 2.14. The third-order valence-electron chi connectivity index (χ3n) is 3.06. The summed E-state index contributed by atoms with van der Waals surface area (Å²) in [4.78, 5) is 4.06. The Balaban J connectivity index is 1.67. The predicted octanol–water partition coefficient (Wildman–Crippen LogP) is 4.09. The van der Waals surface area contributed by atoms with Gasteiger partial charge in [-0.1, -0.05) is 18.2 Å². The number of nitrogens with zero attached hydrogens (tertiary/aromatic N) is 2. The van der Waals surface area contributed by atoms with Gasteiger partial charge in [0, 0.05) is 33.9 Å². The summed E-state index contributed by atoms with van der Waals surface area (Å²) in [5, 5.41) is 3.43. The molecule has 100 valence electrons. The van der Waals surface area contributed by atoms with Crippen molar-refractivity contribution in [1.29, 1.82) is 0 Å². The average Bonchev–Trinajstić information content (AvgIpc) is 3.00. The summed E-state index contributed by atoms with van der Waals surface area (Å²) in [7, 11) is 0. The molecule has 0 aliphatic carbocycles. The van der Waals surface area contributed by atoms with Crippen LogP contribution in [0.3, 0.4) is 0 Å². The van der Waals surface area contributed by atoms with Crippen LogP contribution in [0.4, 0.5) is 5.69 Å². The summed E-state index contributed by atoms with van der Waals surface area (Å²) in [6, 6.07) is 16.9. The summed E-state index contributed by atoms with van der Waals surface area (Å²) in [6.07, 6.45) is 5.53. The van der Waals surface area contributed by atoms with Gasteiger partial charge in [0.25, 0.3) is 0 Å². The zero-order chi connectivity index (χ0) is 13.8. The van der Waals surface area contributed by atoms with Gasteiger partial charge in [-0.05, 0) is 58.5 Å². The minimum Gasteiger partial charge on any atom is -0.381 e. The minimum atomic E-state index is 0.824. The first kappa shape index (κ1) is 13.2. The van der Waals surface area contributed by atoms with Gasteiger partial charge in [0.05, 0.1) is 6.33 Å². The molecule has 0 aliphatic heterocycles. The third-order valence-corrected chi connectivity index (χ3v) is 3.73. The fraction of sp³-hybridized carbons (Fsp3) is 0.0625. The van der Waals surface area contributed by atoms with E-state index in [-0.39, 0.29) is 0 Å². The quantitative estimate of drug-likeness (QED) is 0.697. The maximum Gasteiger partial charge on any atom is 0.0991 e. The van der Waals surface area contributed by atoms with E-state index in [4.69, 9.17) is 0 Å². The maximum absolute atomic E-state index is 4.06. The van der Waals surface area contributed by atoms with E-state index >= 15 is 0 Å². The largest absolute Gasteiger partial charge is 0.381 e. The van der Waals surface area contributed by atoms with Gasteiger partial charge in [-0.25, -0.2) is 4.98 Å². The highest BCUT2D eigenvalue weighted by Gasteiger charge is 1.98. The first-order valence-electron chi connectivity index (χ1n) is 6.38. The molecule has 1 aromatic heterocycles. The predicted molar refractivity (Wildman–Crippen MR) is 90.0 cm³/mol. The molecule has 0 aliphatic rings. The van der Waals surface area contributed by atoms with Gasteiger partial charge >= 0.3 is 0 Å². The van der Waals surface area contributed by atoms with Crippen molar-refractivity contribution in [2.24, 2.45) is 0 Å². The molecule has 3 nitrogen and oxygen atoms in total. The second kappa shape index (κ2) is 6.09. The van der Waals surface area contributed by atoms with Crippen LogP contribution in [-0.2, 0) is 6.54 Å². The molecule has 0 unspecified atom stereocenters. The number of nitrogens with one attached hydrogen (secondary N) is 1. The Kier molecular flexibility index (Phi) is 4.01. The second-order valence-corrected chi connectivity index (χ2v) is 5.75. The highest BCUT2D eigenvalue weighted by molar-refractivity contribution is 14.1. The highest BCUT2D eigenvalue weighted by atomic mass is 127. The molecule has 0 fully saturated rings. The van der Waals surface area contributed by atoms with Gasteiger partial charge in [-0.15, -0.1) is 0 Å². The summed E-state index contributed by atoms with van der Waals surface area (Å²) < 4.78 is 3.24. The molecule has 0 spiro atoms. The summed E-state index contributed by atoms with van der Waals surface area (Å²) in [5.74, 6) is 0. The summed E-state index contributed by atoms with van der Waals surface area (Å²) in [6.45, 7) is 0.824. The van der Waals surface area contributed by atoms with Gasteiger partial charge < -0.3 is 9.88 Å². The monoisotopic (exact) mass is 375 g/mol. The van der Waals surface area contributed by atoms with Crippen LogP contribution >= 0.6 is 22.6 Å². The summed E-state index contributed by atoms with van der Waals surface area (Å²) >= 11 is 2.32. The van der Waals surface area contributed by atoms with E-state index in [0.29, 0.717) is 0 Å². The van der Waals surface area contributed by atoms with E-state index < -0.39 is 0 Å². The first-order valence-corrected chi connectivity index (χ1v) is 7.46. The Morgan fingerprint density at radius 2 is 1.95 bits per heavy atom. The number of rotatable bonds is 4. The number of benzene rings is 2. The fourth-order valence-corrected chi connectivity index (χ4v) is 2.54. The second-order valence-electron chi connectivity index (χ2n) is 4.50. The van der Waals surface area contributed by atoms with Crippen LogP contribution in [0.2, 0.25) is 0 Å². The van der Waals surface area contributed by atoms with Crippen molar-refractivity contribution in [2.75, 3.05) is 5.32 Å². The molecule has 0 bridgehead atoms. The number of halogens is 1. The number of hydrogen-bond donors (Lipinski definition) is 1. The van der Waals surface area contributed by atoms with Gasteiger partial charge in [0.1, 0.15) is 0 Å². The zero-order valence-electron chi connectivity index (χ0n) is 10.8. The molecular formula is C16H14IN3. The van der Waals surface area contributed by atoms with E-state index in [1.165, 1.54) is 9.13 Å². The van der Waals surface area contributed by atoms with E-state index in [2.05, 4.69) is 81.4 Å². The van der Waals surface area contributed by atoms with Gasteiger partial charge in [0.2, 0.25) is 0 Å². The Bertz CT molecular complexity index is 675. The molecule has 0 saturated carbocycles. The van der Waals surface area contributed by atoms with Crippen molar-refractivity contribution in [3.8, 4) is 5.69 Å². The van der Waals surface area contributed by atoms with Crippen molar-refractivity contribution < 1.29 is 0 Å². The summed E-state index contributed by atoms with van der Waals surface area (Å²) in [5.41, 5.74) is 3.53. The lowest BCUT2D eigenvalue weighted by Crippen LogP contribution is -2.00. The fourth-order valence-electron chi connectivity index (χ4n) is 2.00. The SMILES string of the molecule is Ic1cccc(NCc2ccc(-n3ccnc3)cc2)c1. The molecule has 20 heavy (non-hydrogen) atoms. The third kappa shape index (κ3) is 3.19. The van der Waals surface area contributed by atoms with Crippen LogP contribution in [0, 0.1) is 3.57 Å². The molecule has 3 aromatic rings. The molecule has 1 N–H and O–H groups in total. The Morgan fingerprint density at radius 1 is 1.10 bits per heavy atom. The molecule has 3 rings (SSSR count). The topological polar surface area (TPSA) is 29.9 Å². The van der Waals surface area contributed by atoms with E-state index in [9.17, 15) is 0 Å². The van der Waals surface area contributed by atoms with Crippen molar-refractivity contribution in [3.05, 3.63) is 76.4 Å². The Labute approximate surface area is 131 Å². The number of hydrogen-bond acceptors (Lipinski definition) is 2. The van der Waals surface area contributed by atoms with Crippen molar-refractivity contribution in [2.45, 2.75) is 6.54 Å². The molecule has 0 radical (unpaired) electrons. The van der Waals surface area contributed by atoms with Crippen LogP contribution < -0.4 is 5.32 Å². The molecule has 1 heterocycles. The lowest BCUT2D eigenvalue weighted by Gasteiger charge is -2.08. The molecule has 0 saturated heterocycles. The number of imidazole rings is 1. The van der Waals surface area contributed by atoms with Crippen LogP contribution in [-0.4, -0.2) is 9.55 Å². The smallest absolute Gasteiger partial charge is 0.0991 e. The van der Waals surface area contributed by atoms with Gasteiger partial charge in [-0.2, -0.15) is 0 Å². The maximum atomic E-state index is 4.06. The average molecular weight is 375 g/mol. The molecule has 0 amide bonds. The van der Waals surface area contributed by atoms with E-state index in [1.807, 2.05) is 10.8 Å². The molecular weight excluding hydrogens is 361 g/mol. The molecule has 0 atom stereocenters. The van der Waals surface area contributed by atoms with Gasteiger partial charge in [0.15, 0.2) is 0 Å². The number of anilines is 1. The van der Waals surface area contributed by atoms with Crippen LogP contribution in [0.25, 0.3) is 5.69 Å². The van der Waals surface area contributed by atoms with Crippen molar-refractivity contribution >= 4 is 28.3 Å². The zero-order valence-corrected chi connectivity index (χ0v) is 13.0. The van der Waals surface area contributed by atoms with Crippen LogP contribution in [0.5, 0.6) is 0 Å². The Morgan fingerprint density at radius 3 is 2.65 bits per heavy atom. The molecule has 2 aromatic carbocycles. The lowest BCUT2D eigenvalue weighted by molar-refractivity contribution is 1.05. The first-order chi connectivity index (χ1) is 9.81. The molecule has 4 heteroatoms. The normalized spacial score (nSPS) is 10.4. The van der Waals surface area contributed by atoms with Crippen molar-refractivity contribution in [3.63, 3.8) is 0 Å². The minimum absolute atomic E-state index is 0.824. The van der Waals surface area contributed by atoms with Crippen LogP contribution in [0.1, 0.15) is 5.56 Å². The Hall–Kier alpha value is -1.82.